The van der Waals surface area contributed by atoms with Crippen molar-refractivity contribution in [2.45, 2.75) is 20.5 Å². The Hall–Kier alpha value is -3.18. The van der Waals surface area contributed by atoms with Gasteiger partial charge in [0.1, 0.15) is 23.9 Å². The summed E-state index contributed by atoms with van der Waals surface area (Å²) in [4.78, 5) is 12.8. The predicted molar refractivity (Wildman–Crippen MR) is 119 cm³/mol. The van der Waals surface area contributed by atoms with Gasteiger partial charge < -0.3 is 19.5 Å². The van der Waals surface area contributed by atoms with Gasteiger partial charge in [0, 0.05) is 16.8 Å². The van der Waals surface area contributed by atoms with E-state index in [0.29, 0.717) is 34.4 Å². The van der Waals surface area contributed by atoms with Gasteiger partial charge in [-0.05, 0) is 61.9 Å². The molecular formula is C24H24ClNO4. The van der Waals surface area contributed by atoms with E-state index >= 15 is 0 Å². The second kappa shape index (κ2) is 10.0. The lowest BCUT2D eigenvalue weighted by molar-refractivity contribution is 0.102. The summed E-state index contributed by atoms with van der Waals surface area (Å²) in [6, 6.07) is 18.2. The molecule has 1 N–H and O–H groups in total. The lowest BCUT2D eigenvalue weighted by atomic mass is 10.1. The third-order valence-corrected chi connectivity index (χ3v) is 4.80. The molecule has 0 saturated heterocycles. The van der Waals surface area contributed by atoms with Crippen molar-refractivity contribution < 1.29 is 19.0 Å². The number of nitrogens with one attached hydrogen (secondary N) is 1. The van der Waals surface area contributed by atoms with Crippen LogP contribution >= 0.6 is 11.6 Å². The highest BCUT2D eigenvalue weighted by atomic mass is 35.5. The fourth-order valence-electron chi connectivity index (χ4n) is 2.95. The van der Waals surface area contributed by atoms with Crippen LogP contribution in [0.4, 0.5) is 5.69 Å². The largest absolute Gasteiger partial charge is 0.495 e. The smallest absolute Gasteiger partial charge is 0.255 e. The van der Waals surface area contributed by atoms with Crippen molar-refractivity contribution in [2.24, 2.45) is 0 Å². The SMILES string of the molecule is CCOc1ccc(C(=O)Nc2ccc(OC)c(Cl)c2)cc1COc1ccccc1C. The Morgan fingerprint density at radius 1 is 0.967 bits per heavy atom. The first-order chi connectivity index (χ1) is 14.5. The summed E-state index contributed by atoms with van der Waals surface area (Å²) in [6.07, 6.45) is 0. The monoisotopic (exact) mass is 425 g/mol. The number of rotatable bonds is 8. The Labute approximate surface area is 181 Å². The fraction of sp³-hybridized carbons (Fsp3) is 0.208. The lowest BCUT2D eigenvalue weighted by Crippen LogP contribution is -2.13. The van der Waals surface area contributed by atoms with E-state index < -0.39 is 0 Å². The molecule has 5 nitrogen and oxygen atoms in total. The standard InChI is InChI=1S/C24H24ClNO4/c1-4-29-22-11-9-17(13-18(22)15-30-21-8-6-5-7-16(21)2)24(27)26-19-10-12-23(28-3)20(25)14-19/h5-14H,4,15H2,1-3H3,(H,26,27). The molecule has 156 valence electrons. The van der Waals surface area contributed by atoms with Crippen molar-refractivity contribution in [3.8, 4) is 17.2 Å². The summed E-state index contributed by atoms with van der Waals surface area (Å²) in [5, 5.41) is 3.28. The number of methoxy groups -OCH3 is 1. The number of ether oxygens (including phenoxy) is 3. The molecule has 0 aliphatic rings. The molecule has 0 aliphatic heterocycles. The van der Waals surface area contributed by atoms with Gasteiger partial charge in [-0.15, -0.1) is 0 Å². The third-order valence-electron chi connectivity index (χ3n) is 4.51. The van der Waals surface area contributed by atoms with E-state index in [0.717, 1.165) is 16.9 Å². The average molecular weight is 426 g/mol. The number of benzene rings is 3. The first-order valence-electron chi connectivity index (χ1n) is 9.61. The first kappa shape index (κ1) is 21.5. The molecule has 0 saturated carbocycles. The van der Waals surface area contributed by atoms with Gasteiger partial charge in [-0.3, -0.25) is 4.79 Å². The van der Waals surface area contributed by atoms with Gasteiger partial charge in [-0.1, -0.05) is 29.8 Å². The van der Waals surface area contributed by atoms with Gasteiger partial charge in [-0.25, -0.2) is 0 Å². The zero-order chi connectivity index (χ0) is 21.5. The summed E-state index contributed by atoms with van der Waals surface area (Å²) in [5.41, 5.74) is 2.91. The quantitative estimate of drug-likeness (QED) is 0.489. The second-order valence-corrected chi connectivity index (χ2v) is 7.02. The molecular weight excluding hydrogens is 402 g/mol. The molecule has 0 radical (unpaired) electrons. The van der Waals surface area contributed by atoms with Gasteiger partial charge in [0.2, 0.25) is 0 Å². The topological polar surface area (TPSA) is 56.8 Å². The maximum absolute atomic E-state index is 12.8. The van der Waals surface area contributed by atoms with Crippen LogP contribution in [-0.4, -0.2) is 19.6 Å². The van der Waals surface area contributed by atoms with E-state index in [1.165, 1.54) is 0 Å². The zero-order valence-electron chi connectivity index (χ0n) is 17.2. The molecule has 3 aromatic carbocycles. The molecule has 0 aromatic heterocycles. The minimum absolute atomic E-state index is 0.253. The normalized spacial score (nSPS) is 10.4. The van der Waals surface area contributed by atoms with Crippen molar-refractivity contribution in [1.82, 2.24) is 0 Å². The first-order valence-corrected chi connectivity index (χ1v) is 9.98. The molecule has 3 aromatic rings. The number of carbonyl (C=O) groups excluding carboxylic acids is 1. The number of aryl methyl sites for hydroxylation is 1. The number of carbonyl (C=O) groups is 1. The lowest BCUT2D eigenvalue weighted by Gasteiger charge is -2.14. The Morgan fingerprint density at radius 3 is 2.43 bits per heavy atom. The number of para-hydroxylation sites is 1. The summed E-state index contributed by atoms with van der Waals surface area (Å²) < 4.78 is 16.8. The van der Waals surface area contributed by atoms with E-state index in [4.69, 9.17) is 25.8 Å². The van der Waals surface area contributed by atoms with E-state index in [1.54, 1.807) is 43.5 Å². The van der Waals surface area contributed by atoms with E-state index in [1.807, 2.05) is 38.1 Å². The summed E-state index contributed by atoms with van der Waals surface area (Å²) in [6.45, 7) is 4.71. The number of hydrogen-bond donors (Lipinski definition) is 1. The van der Waals surface area contributed by atoms with Gasteiger partial charge in [-0.2, -0.15) is 0 Å². The van der Waals surface area contributed by atoms with Gasteiger partial charge >= 0.3 is 0 Å². The third kappa shape index (κ3) is 5.24. The Bertz CT molecular complexity index is 1040. The minimum atomic E-state index is -0.253. The highest BCUT2D eigenvalue weighted by Crippen LogP contribution is 2.28. The molecule has 6 heteroatoms. The predicted octanol–water partition coefficient (Wildman–Crippen LogP) is 5.89. The summed E-state index contributed by atoms with van der Waals surface area (Å²) in [5.74, 6) is 1.78. The Morgan fingerprint density at radius 2 is 1.73 bits per heavy atom. The van der Waals surface area contributed by atoms with Crippen LogP contribution in [0.15, 0.2) is 60.7 Å². The van der Waals surface area contributed by atoms with Crippen molar-refractivity contribution in [3.05, 3.63) is 82.4 Å². The molecule has 30 heavy (non-hydrogen) atoms. The molecule has 3 rings (SSSR count). The number of anilines is 1. The van der Waals surface area contributed by atoms with Crippen molar-refractivity contribution >= 4 is 23.2 Å². The second-order valence-electron chi connectivity index (χ2n) is 6.61. The average Bonchev–Trinajstić information content (AvgIpc) is 2.74. The molecule has 0 fully saturated rings. The van der Waals surface area contributed by atoms with Crippen LogP contribution < -0.4 is 19.5 Å². The van der Waals surface area contributed by atoms with E-state index in [-0.39, 0.29) is 12.5 Å². The molecule has 0 heterocycles. The molecule has 0 atom stereocenters. The molecule has 0 aliphatic carbocycles. The van der Waals surface area contributed by atoms with Gasteiger partial charge in [0.25, 0.3) is 5.91 Å². The van der Waals surface area contributed by atoms with Crippen molar-refractivity contribution in [2.75, 3.05) is 19.0 Å². The minimum Gasteiger partial charge on any atom is -0.495 e. The van der Waals surface area contributed by atoms with Gasteiger partial charge in [0.15, 0.2) is 0 Å². The maximum atomic E-state index is 12.8. The number of halogens is 1. The van der Waals surface area contributed by atoms with Crippen LogP contribution in [0, 0.1) is 6.92 Å². The molecule has 1 amide bonds. The van der Waals surface area contributed by atoms with Crippen LogP contribution in [0.1, 0.15) is 28.4 Å². The van der Waals surface area contributed by atoms with Crippen LogP contribution in [-0.2, 0) is 6.61 Å². The van der Waals surface area contributed by atoms with Crippen LogP contribution in [0.3, 0.4) is 0 Å². The van der Waals surface area contributed by atoms with E-state index in [2.05, 4.69) is 5.32 Å². The maximum Gasteiger partial charge on any atom is 0.255 e. The van der Waals surface area contributed by atoms with E-state index in [9.17, 15) is 4.79 Å². The Balaban J connectivity index is 1.79. The highest BCUT2D eigenvalue weighted by Gasteiger charge is 2.13. The van der Waals surface area contributed by atoms with Gasteiger partial charge in [0.05, 0.1) is 18.7 Å². The number of hydrogen-bond acceptors (Lipinski definition) is 4. The molecule has 0 bridgehead atoms. The summed E-state index contributed by atoms with van der Waals surface area (Å²) >= 11 is 6.14. The van der Waals surface area contributed by atoms with Crippen LogP contribution in [0.5, 0.6) is 17.2 Å². The summed E-state index contributed by atoms with van der Waals surface area (Å²) in [7, 11) is 1.54. The van der Waals surface area contributed by atoms with Crippen molar-refractivity contribution in [3.63, 3.8) is 0 Å². The molecule has 0 unspecified atom stereocenters. The highest BCUT2D eigenvalue weighted by molar-refractivity contribution is 6.32. The fourth-order valence-corrected chi connectivity index (χ4v) is 3.21. The van der Waals surface area contributed by atoms with Crippen LogP contribution in [0.2, 0.25) is 5.02 Å². The van der Waals surface area contributed by atoms with Crippen molar-refractivity contribution in [1.29, 1.82) is 0 Å². The number of amides is 1. The Kier molecular flexibility index (Phi) is 7.20. The molecule has 0 spiro atoms. The zero-order valence-corrected chi connectivity index (χ0v) is 18.0. The van der Waals surface area contributed by atoms with Crippen LogP contribution in [0.25, 0.3) is 0 Å².